The molecular formula is C16H20N4O2. The van der Waals surface area contributed by atoms with Gasteiger partial charge in [-0.2, -0.15) is 5.26 Å². The summed E-state index contributed by atoms with van der Waals surface area (Å²) in [5, 5.41) is 8.87. The number of carbonyl (C=O) groups is 1. The minimum atomic E-state index is -0.219. The summed E-state index contributed by atoms with van der Waals surface area (Å²) < 4.78 is 5.46. The highest BCUT2D eigenvalue weighted by atomic mass is 16.5. The molecule has 22 heavy (non-hydrogen) atoms. The molecule has 0 bridgehead atoms. The Kier molecular flexibility index (Phi) is 4.25. The van der Waals surface area contributed by atoms with E-state index in [-0.39, 0.29) is 18.1 Å². The number of nitrogens with zero attached hydrogens (tertiary/aromatic N) is 4. The molecule has 0 saturated carbocycles. The highest BCUT2D eigenvalue weighted by Crippen LogP contribution is 2.28. The van der Waals surface area contributed by atoms with Crippen molar-refractivity contribution in [2.75, 3.05) is 31.6 Å². The summed E-state index contributed by atoms with van der Waals surface area (Å²) in [5.41, 5.74) is 0.522. The van der Waals surface area contributed by atoms with Crippen molar-refractivity contribution in [1.29, 1.82) is 5.26 Å². The number of ether oxygens (including phenoxy) is 1. The number of anilines is 1. The van der Waals surface area contributed by atoms with Crippen LogP contribution in [0.4, 0.5) is 5.82 Å². The average molecular weight is 300 g/mol. The lowest BCUT2D eigenvalue weighted by Crippen LogP contribution is -2.45. The van der Waals surface area contributed by atoms with E-state index < -0.39 is 0 Å². The van der Waals surface area contributed by atoms with E-state index in [4.69, 9.17) is 10.00 Å². The zero-order valence-electron chi connectivity index (χ0n) is 12.7. The second-order valence-electron chi connectivity index (χ2n) is 5.81. The van der Waals surface area contributed by atoms with Gasteiger partial charge < -0.3 is 14.5 Å². The molecule has 3 rings (SSSR count). The van der Waals surface area contributed by atoms with Gasteiger partial charge in [0, 0.05) is 39.4 Å². The molecule has 2 aliphatic heterocycles. The molecule has 0 spiro atoms. The van der Waals surface area contributed by atoms with E-state index in [0.717, 1.165) is 31.7 Å². The highest BCUT2D eigenvalue weighted by molar-refractivity contribution is 5.86. The van der Waals surface area contributed by atoms with Crippen molar-refractivity contribution in [2.24, 2.45) is 0 Å². The number of hydrogen-bond acceptors (Lipinski definition) is 5. The number of hydrogen-bond donors (Lipinski definition) is 0. The van der Waals surface area contributed by atoms with E-state index in [1.54, 1.807) is 25.4 Å². The van der Waals surface area contributed by atoms with Gasteiger partial charge in [-0.05, 0) is 25.0 Å². The first kappa shape index (κ1) is 14.8. The normalized spacial score (nSPS) is 24.5. The molecule has 1 aromatic heterocycles. The fraction of sp³-hybridized carbons (Fsp3) is 0.562. The smallest absolute Gasteiger partial charge is 0.245 e. The molecule has 2 fully saturated rings. The molecule has 6 heteroatoms. The number of aromatic nitrogens is 1. The third-order valence-electron chi connectivity index (χ3n) is 4.47. The Hall–Kier alpha value is -2.13. The van der Waals surface area contributed by atoms with Crippen molar-refractivity contribution in [2.45, 2.75) is 31.4 Å². The van der Waals surface area contributed by atoms with Crippen molar-refractivity contribution >= 4 is 11.7 Å². The molecule has 2 atom stereocenters. The van der Waals surface area contributed by atoms with Gasteiger partial charge in [0.05, 0.1) is 11.7 Å². The van der Waals surface area contributed by atoms with E-state index in [9.17, 15) is 4.79 Å². The van der Waals surface area contributed by atoms with E-state index >= 15 is 0 Å². The third kappa shape index (κ3) is 2.77. The molecule has 6 nitrogen and oxygen atoms in total. The molecule has 0 radical (unpaired) electrons. The van der Waals surface area contributed by atoms with Gasteiger partial charge in [-0.3, -0.25) is 4.79 Å². The number of rotatable bonds is 3. The van der Waals surface area contributed by atoms with Crippen molar-refractivity contribution < 1.29 is 9.53 Å². The molecule has 1 aromatic rings. The molecule has 116 valence electrons. The van der Waals surface area contributed by atoms with Crippen LogP contribution in [-0.4, -0.2) is 54.7 Å². The standard InChI is InChI=1S/C16H20N4O2/c1-22-13-8-14(16(21)19-6-2-3-7-19)20(11-13)15-5-4-12(9-17)10-18-15/h4-5,10,13-14H,2-3,6-8,11H2,1H3/t13-,14-/m0/s1. The van der Waals surface area contributed by atoms with Crippen molar-refractivity contribution in [3.63, 3.8) is 0 Å². The van der Waals surface area contributed by atoms with Gasteiger partial charge in [0.25, 0.3) is 0 Å². The average Bonchev–Trinajstić information content (AvgIpc) is 3.23. The predicted molar refractivity (Wildman–Crippen MR) is 81.3 cm³/mol. The molecular weight excluding hydrogens is 280 g/mol. The zero-order chi connectivity index (χ0) is 15.5. The second kappa shape index (κ2) is 6.32. The molecule has 0 aliphatic carbocycles. The van der Waals surface area contributed by atoms with E-state index in [2.05, 4.69) is 11.1 Å². The van der Waals surface area contributed by atoms with Crippen LogP contribution in [0.2, 0.25) is 0 Å². The summed E-state index contributed by atoms with van der Waals surface area (Å²) in [7, 11) is 1.68. The maximum atomic E-state index is 12.8. The Morgan fingerprint density at radius 3 is 2.77 bits per heavy atom. The maximum absolute atomic E-state index is 12.8. The first-order valence-electron chi connectivity index (χ1n) is 7.67. The zero-order valence-corrected chi connectivity index (χ0v) is 12.7. The van der Waals surface area contributed by atoms with Crippen LogP contribution in [0.25, 0.3) is 0 Å². The highest BCUT2D eigenvalue weighted by Gasteiger charge is 2.40. The van der Waals surface area contributed by atoms with Crippen LogP contribution in [0.15, 0.2) is 18.3 Å². The van der Waals surface area contributed by atoms with Gasteiger partial charge in [-0.15, -0.1) is 0 Å². The van der Waals surface area contributed by atoms with Gasteiger partial charge in [0.15, 0.2) is 0 Å². The molecule has 3 heterocycles. The summed E-state index contributed by atoms with van der Waals surface area (Å²) in [6, 6.07) is 5.39. The molecule has 2 aliphatic rings. The number of likely N-dealkylation sites (tertiary alicyclic amines) is 1. The number of amides is 1. The summed E-state index contributed by atoms with van der Waals surface area (Å²) in [5.74, 6) is 0.902. The minimum Gasteiger partial charge on any atom is -0.380 e. The summed E-state index contributed by atoms with van der Waals surface area (Å²) >= 11 is 0. The van der Waals surface area contributed by atoms with Crippen LogP contribution in [0.1, 0.15) is 24.8 Å². The van der Waals surface area contributed by atoms with Crippen LogP contribution >= 0.6 is 0 Å². The quantitative estimate of drug-likeness (QED) is 0.838. The van der Waals surface area contributed by atoms with Crippen molar-refractivity contribution in [3.05, 3.63) is 23.9 Å². The van der Waals surface area contributed by atoms with Crippen molar-refractivity contribution in [1.82, 2.24) is 9.88 Å². The number of methoxy groups -OCH3 is 1. The molecule has 0 aromatic carbocycles. The fourth-order valence-electron chi connectivity index (χ4n) is 3.23. The lowest BCUT2D eigenvalue weighted by Gasteiger charge is -2.28. The van der Waals surface area contributed by atoms with Gasteiger partial charge in [0.1, 0.15) is 17.9 Å². The monoisotopic (exact) mass is 300 g/mol. The Bertz CT molecular complexity index is 575. The second-order valence-corrected chi connectivity index (χ2v) is 5.81. The largest absolute Gasteiger partial charge is 0.380 e. The van der Waals surface area contributed by atoms with Crippen LogP contribution in [-0.2, 0) is 9.53 Å². The summed E-state index contributed by atoms with van der Waals surface area (Å²) in [4.78, 5) is 21.1. The molecule has 1 amide bonds. The van der Waals surface area contributed by atoms with Gasteiger partial charge in [0.2, 0.25) is 5.91 Å². The van der Waals surface area contributed by atoms with Crippen molar-refractivity contribution in [3.8, 4) is 6.07 Å². The van der Waals surface area contributed by atoms with Crippen LogP contribution < -0.4 is 4.90 Å². The van der Waals surface area contributed by atoms with Crippen LogP contribution in [0.3, 0.4) is 0 Å². The van der Waals surface area contributed by atoms with Gasteiger partial charge in [-0.25, -0.2) is 4.98 Å². The van der Waals surface area contributed by atoms with E-state index in [1.165, 1.54) is 0 Å². The minimum absolute atomic E-state index is 0.0361. The number of carbonyl (C=O) groups excluding carboxylic acids is 1. The van der Waals surface area contributed by atoms with E-state index in [0.29, 0.717) is 18.5 Å². The predicted octanol–water partition coefficient (Wildman–Crippen LogP) is 1.17. The Morgan fingerprint density at radius 2 is 2.18 bits per heavy atom. The lowest BCUT2D eigenvalue weighted by atomic mass is 10.1. The van der Waals surface area contributed by atoms with Crippen LogP contribution in [0, 0.1) is 11.3 Å². The Balaban J connectivity index is 1.82. The number of pyridine rings is 1. The first-order valence-corrected chi connectivity index (χ1v) is 7.67. The molecule has 0 N–H and O–H groups in total. The molecule has 2 saturated heterocycles. The summed E-state index contributed by atoms with van der Waals surface area (Å²) in [6.45, 7) is 2.35. The Morgan fingerprint density at radius 1 is 1.41 bits per heavy atom. The van der Waals surface area contributed by atoms with Gasteiger partial charge >= 0.3 is 0 Å². The first-order chi connectivity index (χ1) is 10.7. The third-order valence-corrected chi connectivity index (χ3v) is 4.47. The van der Waals surface area contributed by atoms with Gasteiger partial charge in [-0.1, -0.05) is 0 Å². The van der Waals surface area contributed by atoms with E-state index in [1.807, 2.05) is 9.80 Å². The maximum Gasteiger partial charge on any atom is 0.245 e. The SMILES string of the molecule is CO[C@H]1C[C@@H](C(=O)N2CCCC2)N(c2ccc(C#N)cn2)C1. The Labute approximate surface area is 130 Å². The lowest BCUT2D eigenvalue weighted by molar-refractivity contribution is -0.131. The number of nitriles is 1. The van der Waals surface area contributed by atoms with Crippen LogP contribution in [0.5, 0.6) is 0 Å². The molecule has 0 unspecified atom stereocenters. The summed E-state index contributed by atoms with van der Waals surface area (Å²) in [6.07, 6.45) is 4.44. The topological polar surface area (TPSA) is 69.5 Å². The fourth-order valence-corrected chi connectivity index (χ4v) is 3.23.